The lowest BCUT2D eigenvalue weighted by atomic mass is 10.0. The standard InChI is InChI=1S/C17H19NO5/c1-5-22-17(20)12-13(16(19)21-4)15(18(2)3)23-14(12)11-9-7-6-8-10-11/h6-10H,5H2,1-4H3. The summed E-state index contributed by atoms with van der Waals surface area (Å²) in [5.41, 5.74) is 0.817. The molecular weight excluding hydrogens is 298 g/mol. The van der Waals surface area contributed by atoms with Crippen molar-refractivity contribution in [3.8, 4) is 11.3 Å². The van der Waals surface area contributed by atoms with Crippen LogP contribution in [0.5, 0.6) is 0 Å². The zero-order valence-corrected chi connectivity index (χ0v) is 13.6. The summed E-state index contributed by atoms with van der Waals surface area (Å²) in [6.45, 7) is 1.89. The number of nitrogens with zero attached hydrogens (tertiary/aromatic N) is 1. The fraction of sp³-hybridized carbons (Fsp3) is 0.294. The smallest absolute Gasteiger partial charge is 0.344 e. The van der Waals surface area contributed by atoms with Gasteiger partial charge in [-0.3, -0.25) is 0 Å². The third-order valence-corrected chi connectivity index (χ3v) is 3.20. The average Bonchev–Trinajstić information content (AvgIpc) is 2.96. The molecule has 6 heteroatoms. The minimum Gasteiger partial charge on any atom is -0.465 e. The van der Waals surface area contributed by atoms with Crippen molar-refractivity contribution in [3.05, 3.63) is 41.5 Å². The van der Waals surface area contributed by atoms with E-state index < -0.39 is 11.9 Å². The Morgan fingerprint density at radius 3 is 2.26 bits per heavy atom. The summed E-state index contributed by atoms with van der Waals surface area (Å²) in [7, 11) is 4.69. The average molecular weight is 317 g/mol. The molecule has 0 fully saturated rings. The van der Waals surface area contributed by atoms with Crippen molar-refractivity contribution >= 4 is 17.8 Å². The fourth-order valence-electron chi connectivity index (χ4n) is 2.22. The van der Waals surface area contributed by atoms with Gasteiger partial charge in [0.05, 0.1) is 13.7 Å². The third-order valence-electron chi connectivity index (χ3n) is 3.20. The number of hydrogen-bond donors (Lipinski definition) is 0. The van der Waals surface area contributed by atoms with Gasteiger partial charge in [0, 0.05) is 19.7 Å². The zero-order valence-electron chi connectivity index (χ0n) is 13.6. The molecular formula is C17H19NO5. The number of esters is 2. The van der Waals surface area contributed by atoms with Crippen LogP contribution in [0.1, 0.15) is 27.6 Å². The Morgan fingerprint density at radius 1 is 1.09 bits per heavy atom. The number of methoxy groups -OCH3 is 1. The van der Waals surface area contributed by atoms with Crippen molar-refractivity contribution in [2.45, 2.75) is 6.92 Å². The van der Waals surface area contributed by atoms with Gasteiger partial charge in [0.2, 0.25) is 5.88 Å². The van der Waals surface area contributed by atoms with Gasteiger partial charge in [-0.15, -0.1) is 0 Å². The van der Waals surface area contributed by atoms with Gasteiger partial charge in [-0.1, -0.05) is 30.3 Å². The highest BCUT2D eigenvalue weighted by Crippen LogP contribution is 2.37. The Balaban J connectivity index is 2.75. The summed E-state index contributed by atoms with van der Waals surface area (Å²) >= 11 is 0. The first-order valence-electron chi connectivity index (χ1n) is 7.16. The normalized spacial score (nSPS) is 10.3. The molecule has 2 aromatic rings. The lowest BCUT2D eigenvalue weighted by molar-refractivity contribution is 0.0506. The van der Waals surface area contributed by atoms with Gasteiger partial charge in [-0.2, -0.15) is 0 Å². The van der Waals surface area contributed by atoms with Crippen molar-refractivity contribution < 1.29 is 23.5 Å². The lowest BCUT2D eigenvalue weighted by Crippen LogP contribution is -2.16. The van der Waals surface area contributed by atoms with Gasteiger partial charge in [-0.25, -0.2) is 9.59 Å². The minimum atomic E-state index is -0.650. The predicted molar refractivity (Wildman–Crippen MR) is 85.8 cm³/mol. The Hall–Kier alpha value is -2.76. The second kappa shape index (κ2) is 7.00. The Kier molecular flexibility index (Phi) is 5.05. The monoisotopic (exact) mass is 317 g/mol. The van der Waals surface area contributed by atoms with E-state index in [1.54, 1.807) is 38.1 Å². The highest BCUT2D eigenvalue weighted by atomic mass is 16.5. The number of rotatable bonds is 5. The molecule has 0 unspecified atom stereocenters. The lowest BCUT2D eigenvalue weighted by Gasteiger charge is -2.10. The van der Waals surface area contributed by atoms with Crippen LogP contribution in [0.3, 0.4) is 0 Å². The largest absolute Gasteiger partial charge is 0.465 e. The predicted octanol–water partition coefficient (Wildman–Crippen LogP) is 2.98. The van der Waals surface area contributed by atoms with E-state index in [9.17, 15) is 9.59 Å². The zero-order chi connectivity index (χ0) is 17.0. The van der Waals surface area contributed by atoms with Crippen molar-refractivity contribution in [2.75, 3.05) is 32.7 Å². The number of anilines is 1. The van der Waals surface area contributed by atoms with Crippen LogP contribution in [0.4, 0.5) is 5.88 Å². The van der Waals surface area contributed by atoms with E-state index in [4.69, 9.17) is 13.9 Å². The topological polar surface area (TPSA) is 69.0 Å². The van der Waals surface area contributed by atoms with Crippen molar-refractivity contribution in [3.63, 3.8) is 0 Å². The molecule has 0 aliphatic carbocycles. The summed E-state index contributed by atoms with van der Waals surface area (Å²) < 4.78 is 15.7. The summed E-state index contributed by atoms with van der Waals surface area (Å²) in [4.78, 5) is 26.2. The highest BCUT2D eigenvalue weighted by molar-refractivity contribution is 6.10. The van der Waals surface area contributed by atoms with Crippen molar-refractivity contribution in [1.29, 1.82) is 0 Å². The van der Waals surface area contributed by atoms with E-state index in [1.165, 1.54) is 7.11 Å². The molecule has 0 atom stereocenters. The minimum absolute atomic E-state index is 0.0646. The SMILES string of the molecule is CCOC(=O)c1c(-c2ccccc2)oc(N(C)C)c1C(=O)OC. The summed E-state index contributed by atoms with van der Waals surface area (Å²) in [6.07, 6.45) is 0. The third kappa shape index (κ3) is 3.21. The molecule has 0 aliphatic rings. The van der Waals surface area contributed by atoms with Crippen molar-refractivity contribution in [2.24, 2.45) is 0 Å². The van der Waals surface area contributed by atoms with Crippen LogP contribution in [0.2, 0.25) is 0 Å². The molecule has 0 amide bonds. The second-order valence-corrected chi connectivity index (χ2v) is 4.96. The molecule has 0 bridgehead atoms. The fourth-order valence-corrected chi connectivity index (χ4v) is 2.22. The molecule has 1 aromatic carbocycles. The first-order chi connectivity index (χ1) is 11.0. The van der Waals surface area contributed by atoms with Crippen LogP contribution in [-0.4, -0.2) is 39.8 Å². The van der Waals surface area contributed by atoms with Crippen LogP contribution in [0, 0.1) is 0 Å². The van der Waals surface area contributed by atoms with E-state index in [-0.39, 0.29) is 29.4 Å². The molecule has 6 nitrogen and oxygen atoms in total. The number of carbonyl (C=O) groups excluding carboxylic acids is 2. The molecule has 0 spiro atoms. The quantitative estimate of drug-likeness (QED) is 0.790. The molecule has 0 aliphatic heterocycles. The Morgan fingerprint density at radius 2 is 1.74 bits per heavy atom. The Labute approximate surface area is 134 Å². The van der Waals surface area contributed by atoms with Crippen LogP contribution in [-0.2, 0) is 9.47 Å². The van der Waals surface area contributed by atoms with Crippen LogP contribution in [0.15, 0.2) is 34.7 Å². The van der Waals surface area contributed by atoms with Crippen LogP contribution < -0.4 is 4.90 Å². The van der Waals surface area contributed by atoms with Gasteiger partial charge >= 0.3 is 11.9 Å². The molecule has 122 valence electrons. The molecule has 1 heterocycles. The first-order valence-corrected chi connectivity index (χ1v) is 7.16. The number of ether oxygens (including phenoxy) is 2. The van der Waals surface area contributed by atoms with Gasteiger partial charge in [-0.05, 0) is 6.92 Å². The summed E-state index contributed by atoms with van der Waals surface area (Å²) in [5, 5.41) is 0. The molecule has 1 aromatic heterocycles. The highest BCUT2D eigenvalue weighted by Gasteiger charge is 2.33. The van der Waals surface area contributed by atoms with Gasteiger partial charge in [0.25, 0.3) is 0 Å². The van der Waals surface area contributed by atoms with Crippen LogP contribution in [0.25, 0.3) is 11.3 Å². The maximum atomic E-state index is 12.4. The molecule has 2 rings (SSSR count). The number of furan rings is 1. The van der Waals surface area contributed by atoms with Gasteiger partial charge in [0.15, 0.2) is 5.76 Å². The maximum absolute atomic E-state index is 12.4. The second-order valence-electron chi connectivity index (χ2n) is 4.96. The Bertz CT molecular complexity index is 703. The van der Waals surface area contributed by atoms with Gasteiger partial charge in [0.1, 0.15) is 11.1 Å². The molecule has 0 N–H and O–H groups in total. The van der Waals surface area contributed by atoms with Crippen LogP contribution >= 0.6 is 0 Å². The summed E-state index contributed by atoms with van der Waals surface area (Å²) in [6, 6.07) is 9.08. The molecule has 0 saturated carbocycles. The number of benzene rings is 1. The number of hydrogen-bond acceptors (Lipinski definition) is 6. The van der Waals surface area contributed by atoms with E-state index in [0.29, 0.717) is 5.56 Å². The molecule has 23 heavy (non-hydrogen) atoms. The van der Waals surface area contributed by atoms with E-state index >= 15 is 0 Å². The van der Waals surface area contributed by atoms with Crippen molar-refractivity contribution in [1.82, 2.24) is 0 Å². The summed E-state index contributed by atoms with van der Waals surface area (Å²) in [5.74, 6) is -0.738. The van der Waals surface area contributed by atoms with E-state index in [1.807, 2.05) is 18.2 Å². The maximum Gasteiger partial charge on any atom is 0.344 e. The molecule has 0 radical (unpaired) electrons. The van der Waals surface area contributed by atoms with E-state index in [0.717, 1.165) is 0 Å². The van der Waals surface area contributed by atoms with E-state index in [2.05, 4.69) is 0 Å². The number of carbonyl (C=O) groups is 2. The molecule has 0 saturated heterocycles. The first kappa shape index (κ1) is 16.6. The van der Waals surface area contributed by atoms with Gasteiger partial charge < -0.3 is 18.8 Å².